The summed E-state index contributed by atoms with van der Waals surface area (Å²) in [5.74, 6) is 1.29. The first-order chi connectivity index (χ1) is 9.56. The number of rotatable bonds is 8. The second-order valence-corrected chi connectivity index (χ2v) is 5.26. The van der Waals surface area contributed by atoms with Gasteiger partial charge in [-0.1, -0.05) is 12.1 Å². The Kier molecular flexibility index (Phi) is 7.11. The first-order valence-corrected chi connectivity index (χ1v) is 7.35. The van der Waals surface area contributed by atoms with Crippen molar-refractivity contribution in [2.75, 3.05) is 25.2 Å². The summed E-state index contributed by atoms with van der Waals surface area (Å²) >= 11 is 1.50. The van der Waals surface area contributed by atoms with Gasteiger partial charge in [0.15, 0.2) is 5.78 Å². The molecule has 1 rings (SSSR count). The molecular formula is C14H19NO4S. The highest BCUT2D eigenvalue weighted by Gasteiger charge is 2.13. The van der Waals surface area contributed by atoms with Crippen molar-refractivity contribution in [2.45, 2.75) is 13.0 Å². The quantitative estimate of drug-likeness (QED) is 0.445. The molecule has 110 valence electrons. The molecule has 0 heterocycles. The molecule has 2 N–H and O–H groups in total. The fourth-order valence-electron chi connectivity index (χ4n) is 1.52. The minimum Gasteiger partial charge on any atom is -0.492 e. The number of ketones is 1. The average molecular weight is 297 g/mol. The van der Waals surface area contributed by atoms with E-state index < -0.39 is 12.0 Å². The minimum atomic E-state index is -0.616. The maximum absolute atomic E-state index is 11.4. The summed E-state index contributed by atoms with van der Waals surface area (Å²) in [7, 11) is 1.31. The summed E-state index contributed by atoms with van der Waals surface area (Å²) in [5.41, 5.74) is 6.18. The maximum Gasteiger partial charge on any atom is 0.323 e. The number of ether oxygens (including phenoxy) is 2. The zero-order valence-electron chi connectivity index (χ0n) is 11.6. The van der Waals surface area contributed by atoms with Gasteiger partial charge in [-0.05, 0) is 19.1 Å². The van der Waals surface area contributed by atoms with Gasteiger partial charge in [-0.2, -0.15) is 11.8 Å². The largest absolute Gasteiger partial charge is 0.492 e. The summed E-state index contributed by atoms with van der Waals surface area (Å²) in [6.45, 7) is 1.95. The number of para-hydroxylation sites is 1. The summed E-state index contributed by atoms with van der Waals surface area (Å²) < 4.78 is 10.1. The molecule has 0 saturated carbocycles. The van der Waals surface area contributed by atoms with E-state index in [1.165, 1.54) is 25.8 Å². The molecule has 0 aliphatic heterocycles. The Hall–Kier alpha value is -1.53. The summed E-state index contributed by atoms with van der Waals surface area (Å²) in [4.78, 5) is 22.5. The van der Waals surface area contributed by atoms with Crippen LogP contribution >= 0.6 is 11.8 Å². The van der Waals surface area contributed by atoms with Crippen molar-refractivity contribution < 1.29 is 19.1 Å². The number of benzene rings is 1. The van der Waals surface area contributed by atoms with Gasteiger partial charge in [-0.15, -0.1) is 0 Å². The molecule has 0 aromatic heterocycles. The smallest absolute Gasteiger partial charge is 0.323 e. The van der Waals surface area contributed by atoms with E-state index in [2.05, 4.69) is 4.74 Å². The van der Waals surface area contributed by atoms with Gasteiger partial charge in [-0.3, -0.25) is 9.59 Å². The topological polar surface area (TPSA) is 78.6 Å². The van der Waals surface area contributed by atoms with Crippen LogP contribution in [0.1, 0.15) is 17.3 Å². The molecule has 1 atom stereocenters. The molecule has 6 heteroatoms. The van der Waals surface area contributed by atoms with Gasteiger partial charge in [0, 0.05) is 11.5 Å². The standard InChI is InChI=1S/C14H19NO4S/c1-10(16)11-5-3-4-6-13(11)19-7-8-20-9-12(15)14(17)18-2/h3-6,12H,7-9,15H2,1-2H3. The van der Waals surface area contributed by atoms with Crippen LogP contribution in [0.2, 0.25) is 0 Å². The Morgan fingerprint density at radius 3 is 2.70 bits per heavy atom. The van der Waals surface area contributed by atoms with Gasteiger partial charge in [-0.25, -0.2) is 0 Å². The van der Waals surface area contributed by atoms with Crippen LogP contribution in [0.4, 0.5) is 0 Å². The average Bonchev–Trinajstić information content (AvgIpc) is 2.46. The van der Waals surface area contributed by atoms with Crippen LogP contribution < -0.4 is 10.5 Å². The molecular weight excluding hydrogens is 278 g/mol. The maximum atomic E-state index is 11.4. The van der Waals surface area contributed by atoms with Crippen molar-refractivity contribution in [3.05, 3.63) is 29.8 Å². The van der Waals surface area contributed by atoms with Gasteiger partial charge < -0.3 is 15.2 Å². The van der Waals surface area contributed by atoms with Gasteiger partial charge in [0.2, 0.25) is 0 Å². The molecule has 0 saturated heterocycles. The van der Waals surface area contributed by atoms with Crippen LogP contribution in [0.5, 0.6) is 5.75 Å². The predicted molar refractivity (Wildman–Crippen MR) is 79.3 cm³/mol. The Morgan fingerprint density at radius 1 is 1.35 bits per heavy atom. The number of carbonyl (C=O) groups excluding carboxylic acids is 2. The van der Waals surface area contributed by atoms with E-state index in [0.29, 0.717) is 29.4 Å². The Bertz CT molecular complexity index is 464. The lowest BCUT2D eigenvalue weighted by atomic mass is 10.1. The van der Waals surface area contributed by atoms with E-state index in [4.69, 9.17) is 10.5 Å². The third kappa shape index (κ3) is 5.22. The number of hydrogen-bond donors (Lipinski definition) is 1. The molecule has 5 nitrogen and oxygen atoms in total. The van der Waals surface area contributed by atoms with Crippen LogP contribution in [0.15, 0.2) is 24.3 Å². The second kappa shape index (κ2) is 8.60. The van der Waals surface area contributed by atoms with Crippen molar-refractivity contribution in [2.24, 2.45) is 5.73 Å². The van der Waals surface area contributed by atoms with Crippen molar-refractivity contribution in [1.29, 1.82) is 0 Å². The molecule has 1 unspecified atom stereocenters. The van der Waals surface area contributed by atoms with E-state index in [-0.39, 0.29) is 5.78 Å². The first-order valence-electron chi connectivity index (χ1n) is 6.20. The van der Waals surface area contributed by atoms with E-state index in [1.807, 2.05) is 6.07 Å². The molecule has 1 aromatic carbocycles. The van der Waals surface area contributed by atoms with Crippen LogP contribution in [0, 0.1) is 0 Å². The lowest BCUT2D eigenvalue weighted by Gasteiger charge is -2.11. The highest BCUT2D eigenvalue weighted by atomic mass is 32.2. The minimum absolute atomic E-state index is 0.0269. The number of esters is 1. The number of nitrogens with two attached hydrogens (primary N) is 1. The molecule has 0 bridgehead atoms. The summed E-state index contributed by atoms with van der Waals surface area (Å²) in [6, 6.07) is 6.50. The normalized spacial score (nSPS) is 11.8. The lowest BCUT2D eigenvalue weighted by Crippen LogP contribution is -2.34. The molecule has 0 aliphatic rings. The third-order valence-electron chi connectivity index (χ3n) is 2.55. The van der Waals surface area contributed by atoms with Crippen LogP contribution in [0.25, 0.3) is 0 Å². The third-order valence-corrected chi connectivity index (χ3v) is 3.60. The highest BCUT2D eigenvalue weighted by Crippen LogP contribution is 2.18. The van der Waals surface area contributed by atoms with Crippen LogP contribution in [-0.4, -0.2) is 43.0 Å². The Balaban J connectivity index is 2.32. The van der Waals surface area contributed by atoms with E-state index in [0.717, 1.165) is 0 Å². The van der Waals surface area contributed by atoms with Crippen molar-refractivity contribution in [3.63, 3.8) is 0 Å². The fourth-order valence-corrected chi connectivity index (χ4v) is 2.28. The SMILES string of the molecule is COC(=O)C(N)CSCCOc1ccccc1C(C)=O. The first kappa shape index (κ1) is 16.5. The van der Waals surface area contributed by atoms with Crippen molar-refractivity contribution in [1.82, 2.24) is 0 Å². The lowest BCUT2D eigenvalue weighted by molar-refractivity contribution is -0.141. The molecule has 0 aliphatic carbocycles. The number of methoxy groups -OCH3 is 1. The van der Waals surface area contributed by atoms with Gasteiger partial charge in [0.25, 0.3) is 0 Å². The zero-order valence-corrected chi connectivity index (χ0v) is 12.4. The number of carbonyl (C=O) groups is 2. The van der Waals surface area contributed by atoms with Crippen LogP contribution in [0.3, 0.4) is 0 Å². The monoisotopic (exact) mass is 297 g/mol. The Labute approximate surface area is 122 Å². The van der Waals surface area contributed by atoms with E-state index in [9.17, 15) is 9.59 Å². The zero-order chi connectivity index (χ0) is 15.0. The summed E-state index contributed by atoms with van der Waals surface area (Å²) in [6.07, 6.45) is 0. The Morgan fingerprint density at radius 2 is 2.05 bits per heavy atom. The molecule has 0 amide bonds. The second-order valence-electron chi connectivity index (χ2n) is 4.11. The molecule has 0 fully saturated rings. The van der Waals surface area contributed by atoms with Gasteiger partial charge in [0.1, 0.15) is 11.8 Å². The molecule has 0 spiro atoms. The number of Topliss-reactive ketones (excluding diaryl/α,β-unsaturated/α-hetero) is 1. The molecule has 20 heavy (non-hydrogen) atoms. The van der Waals surface area contributed by atoms with E-state index in [1.54, 1.807) is 18.2 Å². The van der Waals surface area contributed by atoms with Crippen molar-refractivity contribution in [3.8, 4) is 5.75 Å². The fraction of sp³-hybridized carbons (Fsp3) is 0.429. The molecule has 1 aromatic rings. The van der Waals surface area contributed by atoms with Gasteiger partial charge >= 0.3 is 5.97 Å². The number of thioether (sulfide) groups is 1. The van der Waals surface area contributed by atoms with Crippen LogP contribution in [-0.2, 0) is 9.53 Å². The predicted octanol–water partition coefficient (Wildman–Crippen LogP) is 1.50. The van der Waals surface area contributed by atoms with E-state index >= 15 is 0 Å². The summed E-state index contributed by atoms with van der Waals surface area (Å²) in [5, 5.41) is 0. The highest BCUT2D eigenvalue weighted by molar-refractivity contribution is 7.99. The number of hydrogen-bond acceptors (Lipinski definition) is 6. The van der Waals surface area contributed by atoms with Crippen molar-refractivity contribution >= 4 is 23.5 Å². The molecule has 0 radical (unpaired) electrons. The van der Waals surface area contributed by atoms with Gasteiger partial charge in [0.05, 0.1) is 19.3 Å².